The zero-order chi connectivity index (χ0) is 13.9. The predicted molar refractivity (Wildman–Crippen MR) is 63.1 cm³/mol. The molecule has 0 spiro atoms. The second-order valence-electron chi connectivity index (χ2n) is 3.93. The number of anilines is 2. The van der Waals surface area contributed by atoms with Crippen molar-refractivity contribution >= 4 is 17.3 Å². The van der Waals surface area contributed by atoms with Crippen LogP contribution in [0.4, 0.5) is 20.2 Å². The summed E-state index contributed by atoms with van der Waals surface area (Å²) in [5.41, 5.74) is 6.21. The molecule has 0 radical (unpaired) electrons. The minimum absolute atomic E-state index is 0.0990. The number of aliphatic hydroxyl groups excluding tert-OH is 1. The summed E-state index contributed by atoms with van der Waals surface area (Å²) in [5, 5.41) is 19.7. The topological polar surface area (TPSA) is 95.6 Å². The molecule has 0 fully saturated rings. The Morgan fingerprint density at radius 2 is 2.11 bits per heavy atom. The van der Waals surface area contributed by atoms with Crippen LogP contribution in [-0.2, 0) is 0 Å². The number of nitrogens with one attached hydrogen (secondary N) is 1. The van der Waals surface area contributed by atoms with Crippen LogP contribution in [0, 0.1) is 6.92 Å². The molecule has 0 saturated heterocycles. The minimum atomic E-state index is -3.27. The largest absolute Gasteiger partial charge is 0.478 e. The quantitative estimate of drug-likeness (QED) is 0.599. The van der Waals surface area contributed by atoms with Crippen LogP contribution in [0.2, 0.25) is 0 Å². The number of aromatic carboxylic acids is 1. The van der Waals surface area contributed by atoms with E-state index in [-0.39, 0.29) is 16.9 Å². The van der Waals surface area contributed by atoms with Crippen molar-refractivity contribution in [2.24, 2.45) is 0 Å². The van der Waals surface area contributed by atoms with Gasteiger partial charge in [-0.25, -0.2) is 13.6 Å². The summed E-state index contributed by atoms with van der Waals surface area (Å²) in [6, 6.07) is 2.65. The number of benzene rings is 1. The smallest absolute Gasteiger partial charge is 0.337 e. The predicted octanol–water partition coefficient (Wildman–Crippen LogP) is 1.31. The van der Waals surface area contributed by atoms with E-state index < -0.39 is 25.0 Å². The lowest BCUT2D eigenvalue weighted by Gasteiger charge is -2.16. The summed E-state index contributed by atoms with van der Waals surface area (Å²) < 4.78 is 25.6. The van der Waals surface area contributed by atoms with Gasteiger partial charge < -0.3 is 21.3 Å². The molecule has 7 heteroatoms. The van der Waals surface area contributed by atoms with Gasteiger partial charge in [-0.3, -0.25) is 0 Å². The molecule has 0 aliphatic heterocycles. The standard InChI is InChI=1S/C11H14F2N2O3/c1-6-2-7(15-4-11(12,13)5-16)3-8(9(6)14)10(17)18/h2-3,15-16H,4-5,14H2,1H3,(H,17,18). The summed E-state index contributed by atoms with van der Waals surface area (Å²) in [7, 11) is 0. The number of carboxylic acids is 1. The Balaban J connectivity index is 2.95. The number of alkyl halides is 2. The second kappa shape index (κ2) is 5.18. The number of aryl methyl sites for hydroxylation is 1. The van der Waals surface area contributed by atoms with Crippen LogP contribution in [0.3, 0.4) is 0 Å². The third-order valence-corrected chi connectivity index (χ3v) is 2.40. The maximum atomic E-state index is 12.8. The van der Waals surface area contributed by atoms with Crippen molar-refractivity contribution < 1.29 is 23.8 Å². The van der Waals surface area contributed by atoms with Gasteiger partial charge in [0.05, 0.1) is 12.1 Å². The SMILES string of the molecule is Cc1cc(NCC(F)(F)CO)cc(C(=O)O)c1N. The molecule has 0 heterocycles. The Kier molecular flexibility index (Phi) is 4.07. The number of hydrogen-bond acceptors (Lipinski definition) is 4. The van der Waals surface area contributed by atoms with Crippen LogP contribution < -0.4 is 11.1 Å². The highest BCUT2D eigenvalue weighted by atomic mass is 19.3. The third-order valence-electron chi connectivity index (χ3n) is 2.40. The van der Waals surface area contributed by atoms with Gasteiger partial charge in [0.25, 0.3) is 5.92 Å². The van der Waals surface area contributed by atoms with Gasteiger partial charge in [-0.05, 0) is 24.6 Å². The first kappa shape index (κ1) is 14.2. The van der Waals surface area contributed by atoms with Gasteiger partial charge in [0.1, 0.15) is 6.61 Å². The number of hydrogen-bond donors (Lipinski definition) is 4. The number of carbonyl (C=O) groups is 1. The van der Waals surface area contributed by atoms with Gasteiger partial charge in [-0.15, -0.1) is 0 Å². The summed E-state index contributed by atoms with van der Waals surface area (Å²) >= 11 is 0. The van der Waals surface area contributed by atoms with Gasteiger partial charge in [0.15, 0.2) is 0 Å². The molecule has 1 aromatic rings. The highest BCUT2D eigenvalue weighted by Crippen LogP contribution is 2.24. The number of rotatable bonds is 5. The van der Waals surface area contributed by atoms with Crippen molar-refractivity contribution in [3.05, 3.63) is 23.3 Å². The maximum Gasteiger partial charge on any atom is 0.337 e. The number of halogens is 2. The molecular formula is C11H14F2N2O3. The minimum Gasteiger partial charge on any atom is -0.478 e. The number of nitrogen functional groups attached to an aromatic ring is 1. The Hall–Kier alpha value is -1.89. The molecule has 0 aliphatic rings. The molecule has 5 nitrogen and oxygen atoms in total. The van der Waals surface area contributed by atoms with E-state index in [4.69, 9.17) is 15.9 Å². The lowest BCUT2D eigenvalue weighted by atomic mass is 10.1. The zero-order valence-electron chi connectivity index (χ0n) is 9.70. The first-order valence-corrected chi connectivity index (χ1v) is 5.13. The van der Waals surface area contributed by atoms with Crippen molar-refractivity contribution in [3.63, 3.8) is 0 Å². The van der Waals surface area contributed by atoms with Crippen LogP contribution in [0.15, 0.2) is 12.1 Å². The van der Waals surface area contributed by atoms with Crippen molar-refractivity contribution in [2.75, 3.05) is 24.2 Å². The van der Waals surface area contributed by atoms with Gasteiger partial charge in [-0.1, -0.05) is 0 Å². The number of aliphatic hydroxyl groups is 1. The van der Waals surface area contributed by atoms with Gasteiger partial charge in [0, 0.05) is 11.4 Å². The Morgan fingerprint density at radius 1 is 1.50 bits per heavy atom. The summed E-state index contributed by atoms with van der Waals surface area (Å²) in [6.07, 6.45) is 0. The summed E-state index contributed by atoms with van der Waals surface area (Å²) in [6.45, 7) is -0.483. The Bertz CT molecular complexity index is 464. The fourth-order valence-electron chi connectivity index (χ4n) is 1.36. The van der Waals surface area contributed by atoms with E-state index in [1.165, 1.54) is 12.1 Å². The molecule has 0 saturated carbocycles. The Morgan fingerprint density at radius 3 is 2.61 bits per heavy atom. The molecule has 18 heavy (non-hydrogen) atoms. The fraction of sp³-hybridized carbons (Fsp3) is 0.364. The molecule has 1 rings (SSSR count). The molecule has 0 atom stereocenters. The fourth-order valence-corrected chi connectivity index (χ4v) is 1.36. The van der Waals surface area contributed by atoms with E-state index in [1.807, 2.05) is 0 Å². The lowest BCUT2D eigenvalue weighted by molar-refractivity contribution is -0.0372. The second-order valence-corrected chi connectivity index (χ2v) is 3.93. The molecule has 100 valence electrons. The molecule has 0 amide bonds. The van der Waals surface area contributed by atoms with Crippen molar-refractivity contribution in [1.82, 2.24) is 0 Å². The van der Waals surface area contributed by atoms with Crippen LogP contribution in [0.25, 0.3) is 0 Å². The Labute approximate surface area is 102 Å². The highest BCUT2D eigenvalue weighted by molar-refractivity contribution is 5.95. The van der Waals surface area contributed by atoms with E-state index >= 15 is 0 Å². The van der Waals surface area contributed by atoms with E-state index in [1.54, 1.807) is 6.92 Å². The van der Waals surface area contributed by atoms with Gasteiger partial charge in [-0.2, -0.15) is 0 Å². The molecular weight excluding hydrogens is 246 g/mol. The molecule has 0 unspecified atom stereocenters. The van der Waals surface area contributed by atoms with Crippen LogP contribution in [0.1, 0.15) is 15.9 Å². The van der Waals surface area contributed by atoms with Crippen molar-refractivity contribution in [2.45, 2.75) is 12.8 Å². The summed E-state index contributed by atoms with van der Waals surface area (Å²) in [5.74, 6) is -4.49. The molecule has 5 N–H and O–H groups in total. The lowest BCUT2D eigenvalue weighted by Crippen LogP contribution is -2.31. The van der Waals surface area contributed by atoms with E-state index in [2.05, 4.69) is 5.32 Å². The number of nitrogens with two attached hydrogens (primary N) is 1. The first-order chi connectivity index (χ1) is 8.26. The molecule has 0 aliphatic carbocycles. The first-order valence-electron chi connectivity index (χ1n) is 5.13. The van der Waals surface area contributed by atoms with E-state index in [9.17, 15) is 13.6 Å². The van der Waals surface area contributed by atoms with Crippen molar-refractivity contribution in [1.29, 1.82) is 0 Å². The average molecular weight is 260 g/mol. The summed E-state index contributed by atoms with van der Waals surface area (Å²) in [4.78, 5) is 10.9. The van der Waals surface area contributed by atoms with Crippen molar-refractivity contribution in [3.8, 4) is 0 Å². The van der Waals surface area contributed by atoms with E-state index in [0.29, 0.717) is 5.56 Å². The zero-order valence-corrected chi connectivity index (χ0v) is 9.70. The molecule has 0 bridgehead atoms. The maximum absolute atomic E-state index is 12.8. The van der Waals surface area contributed by atoms with Gasteiger partial charge >= 0.3 is 5.97 Å². The van der Waals surface area contributed by atoms with Gasteiger partial charge in [0.2, 0.25) is 0 Å². The number of carboxylic acid groups (broad SMARTS) is 1. The normalized spacial score (nSPS) is 11.3. The van der Waals surface area contributed by atoms with Crippen LogP contribution in [0.5, 0.6) is 0 Å². The molecule has 1 aromatic carbocycles. The molecule has 0 aromatic heterocycles. The highest BCUT2D eigenvalue weighted by Gasteiger charge is 2.27. The monoisotopic (exact) mass is 260 g/mol. The third kappa shape index (κ3) is 3.30. The van der Waals surface area contributed by atoms with E-state index in [0.717, 1.165) is 0 Å². The average Bonchev–Trinajstić information content (AvgIpc) is 2.30. The van der Waals surface area contributed by atoms with Crippen LogP contribution in [-0.4, -0.2) is 35.3 Å². The van der Waals surface area contributed by atoms with Crippen LogP contribution >= 0.6 is 0 Å².